The van der Waals surface area contributed by atoms with E-state index in [0.29, 0.717) is 26.1 Å². The molecule has 0 bridgehead atoms. The molecule has 6 rings (SSSR count). The molecule has 2 aromatic carbocycles. The summed E-state index contributed by atoms with van der Waals surface area (Å²) in [5.74, 6) is -1.72. The highest BCUT2D eigenvalue weighted by Crippen LogP contribution is 2.61. The van der Waals surface area contributed by atoms with E-state index in [4.69, 9.17) is 0 Å². The summed E-state index contributed by atoms with van der Waals surface area (Å²) < 4.78 is -0.913. The summed E-state index contributed by atoms with van der Waals surface area (Å²) in [6, 6.07) is 18.2. The van der Waals surface area contributed by atoms with Gasteiger partial charge in [-0.1, -0.05) is 85.0 Å². The fourth-order valence-electron chi connectivity index (χ4n) is 7.21. The van der Waals surface area contributed by atoms with Gasteiger partial charge in [0.15, 0.2) is 0 Å². The van der Waals surface area contributed by atoms with E-state index in [1.165, 1.54) is 0 Å². The minimum atomic E-state index is -0.913. The summed E-state index contributed by atoms with van der Waals surface area (Å²) in [6.07, 6.45) is 8.57. The van der Waals surface area contributed by atoms with Gasteiger partial charge in [-0.2, -0.15) is 0 Å². The summed E-state index contributed by atoms with van der Waals surface area (Å²) in [5.41, 5.74) is 1.54. The van der Waals surface area contributed by atoms with Crippen molar-refractivity contribution in [1.82, 2.24) is 14.7 Å². The summed E-state index contributed by atoms with van der Waals surface area (Å²) in [4.78, 5) is 49.0. The number of fused-ring (bicyclic) bond motifs is 2. The average molecular weight is 586 g/mol. The molecule has 4 aliphatic rings. The van der Waals surface area contributed by atoms with Crippen LogP contribution < -0.4 is 0 Å². The smallest absolute Gasteiger partial charge is 0.247 e. The lowest BCUT2D eigenvalue weighted by Crippen LogP contribution is -2.59. The van der Waals surface area contributed by atoms with Gasteiger partial charge in [-0.15, -0.1) is 11.8 Å². The molecule has 0 aliphatic carbocycles. The van der Waals surface area contributed by atoms with Crippen LogP contribution in [0.5, 0.6) is 0 Å². The SMILES string of the molecule is CC(C)(C)N1CC=C[C@]23S[C@@H]4C=CCN(Cc5ccccc5)C(=O)[C@@H]4[C@H]2C(=O)N([C@@H](CO)Cc2ccccc2)C3C1=O. The Morgan fingerprint density at radius 3 is 2.21 bits per heavy atom. The highest BCUT2D eigenvalue weighted by Gasteiger charge is 2.72. The fourth-order valence-corrected chi connectivity index (χ4v) is 9.20. The van der Waals surface area contributed by atoms with Crippen LogP contribution in [0.3, 0.4) is 0 Å². The van der Waals surface area contributed by atoms with Gasteiger partial charge in [0, 0.05) is 30.4 Å². The number of likely N-dealkylation sites (tertiary alicyclic amines) is 1. The van der Waals surface area contributed by atoms with Gasteiger partial charge in [-0.3, -0.25) is 14.4 Å². The maximum atomic E-state index is 14.7. The number of aliphatic hydroxyl groups is 1. The molecule has 1 unspecified atom stereocenters. The third-order valence-electron chi connectivity index (χ3n) is 9.12. The van der Waals surface area contributed by atoms with Gasteiger partial charge in [0.2, 0.25) is 17.7 Å². The number of nitrogens with zero attached hydrogens (tertiary/aromatic N) is 3. The highest BCUT2D eigenvalue weighted by molar-refractivity contribution is 8.02. The van der Waals surface area contributed by atoms with Gasteiger partial charge in [0.1, 0.15) is 6.04 Å². The third kappa shape index (κ3) is 4.78. The number of hydrogen-bond acceptors (Lipinski definition) is 5. The second-order valence-corrected chi connectivity index (χ2v) is 14.3. The largest absolute Gasteiger partial charge is 0.394 e. The number of thioether (sulfide) groups is 1. The van der Waals surface area contributed by atoms with Crippen molar-refractivity contribution in [3.63, 3.8) is 0 Å². The van der Waals surface area contributed by atoms with Crippen LogP contribution >= 0.6 is 11.8 Å². The van der Waals surface area contributed by atoms with Crippen LogP contribution in [0.2, 0.25) is 0 Å². The zero-order valence-corrected chi connectivity index (χ0v) is 25.2. The molecule has 1 N–H and O–H groups in total. The molecule has 2 aromatic rings. The molecule has 4 aliphatic heterocycles. The van der Waals surface area contributed by atoms with Crippen molar-refractivity contribution in [3.05, 3.63) is 96.1 Å². The van der Waals surface area contributed by atoms with E-state index in [2.05, 4.69) is 6.08 Å². The van der Waals surface area contributed by atoms with Gasteiger partial charge in [0.25, 0.3) is 0 Å². The average Bonchev–Trinajstić information content (AvgIpc) is 3.29. The van der Waals surface area contributed by atoms with Gasteiger partial charge in [0.05, 0.1) is 29.2 Å². The van der Waals surface area contributed by atoms with Gasteiger partial charge >= 0.3 is 0 Å². The van der Waals surface area contributed by atoms with Crippen LogP contribution in [0.25, 0.3) is 0 Å². The molecule has 7 nitrogen and oxygen atoms in total. The Labute approximate surface area is 252 Å². The first kappa shape index (κ1) is 28.7. The molecule has 2 fully saturated rings. The molecular weight excluding hydrogens is 546 g/mol. The van der Waals surface area contributed by atoms with Crippen molar-refractivity contribution in [2.75, 3.05) is 19.7 Å². The van der Waals surface area contributed by atoms with Crippen LogP contribution in [0.1, 0.15) is 31.9 Å². The van der Waals surface area contributed by atoms with E-state index >= 15 is 0 Å². The molecule has 0 saturated carbocycles. The lowest BCUT2D eigenvalue weighted by atomic mass is 9.78. The van der Waals surface area contributed by atoms with Crippen molar-refractivity contribution in [2.24, 2.45) is 11.8 Å². The van der Waals surface area contributed by atoms with E-state index in [-0.39, 0.29) is 29.6 Å². The second-order valence-electron chi connectivity index (χ2n) is 12.8. The van der Waals surface area contributed by atoms with Gasteiger partial charge in [-0.05, 0) is 38.3 Å². The van der Waals surface area contributed by atoms with E-state index in [9.17, 15) is 19.5 Å². The maximum Gasteiger partial charge on any atom is 0.247 e. The Bertz CT molecular complexity index is 1400. The van der Waals surface area contributed by atoms with E-state index in [1.54, 1.807) is 16.7 Å². The minimum Gasteiger partial charge on any atom is -0.394 e. The van der Waals surface area contributed by atoms with Crippen LogP contribution in [0.4, 0.5) is 0 Å². The monoisotopic (exact) mass is 585 g/mol. The number of benzene rings is 2. The second kappa shape index (κ2) is 11.0. The number of hydrogen-bond donors (Lipinski definition) is 1. The summed E-state index contributed by atoms with van der Waals surface area (Å²) >= 11 is 1.58. The summed E-state index contributed by atoms with van der Waals surface area (Å²) in [7, 11) is 0. The predicted octanol–water partition coefficient (Wildman–Crippen LogP) is 3.68. The first-order valence-corrected chi connectivity index (χ1v) is 15.7. The lowest BCUT2D eigenvalue weighted by Gasteiger charge is -2.42. The van der Waals surface area contributed by atoms with Crippen molar-refractivity contribution >= 4 is 29.5 Å². The maximum absolute atomic E-state index is 14.7. The molecule has 1 spiro atoms. The van der Waals surface area contributed by atoms with Crippen LogP contribution in [-0.2, 0) is 27.3 Å². The Balaban J connectivity index is 1.43. The molecule has 8 heteroatoms. The molecule has 0 aromatic heterocycles. The van der Waals surface area contributed by atoms with E-state index in [0.717, 1.165) is 11.1 Å². The first-order valence-electron chi connectivity index (χ1n) is 14.8. The van der Waals surface area contributed by atoms with Crippen molar-refractivity contribution in [3.8, 4) is 0 Å². The Hall–Kier alpha value is -3.36. The standard InChI is InChI=1S/C34H39N3O4S/c1-33(2,3)36-19-11-17-34-28(27-26(42-34)16-10-18-35(30(27)39)21-24-14-8-5-9-15-24)31(40)37(29(34)32(36)41)25(22-38)20-23-12-6-4-7-13-23/h4-17,25-29,38H,18-22H2,1-3H3/t25-,26-,27+,28+,29?,34+/m1/s1. The molecule has 6 atom stereocenters. The van der Waals surface area contributed by atoms with Gasteiger partial charge < -0.3 is 19.8 Å². The zero-order chi connectivity index (χ0) is 29.6. The summed E-state index contributed by atoms with van der Waals surface area (Å²) in [6.45, 7) is 7.09. The number of aliphatic hydroxyl groups excluding tert-OH is 1. The predicted molar refractivity (Wildman–Crippen MR) is 164 cm³/mol. The topological polar surface area (TPSA) is 81.2 Å². The Morgan fingerprint density at radius 2 is 1.57 bits per heavy atom. The highest BCUT2D eigenvalue weighted by atomic mass is 32.2. The summed E-state index contributed by atoms with van der Waals surface area (Å²) in [5, 5.41) is 10.5. The van der Waals surface area contributed by atoms with Gasteiger partial charge in [-0.25, -0.2) is 0 Å². The van der Waals surface area contributed by atoms with Crippen molar-refractivity contribution in [1.29, 1.82) is 0 Å². The Kier molecular flexibility index (Phi) is 7.56. The van der Waals surface area contributed by atoms with E-state index in [1.807, 2.05) is 109 Å². The normalized spacial score (nSPS) is 29.7. The number of rotatable bonds is 6. The molecule has 42 heavy (non-hydrogen) atoms. The third-order valence-corrected chi connectivity index (χ3v) is 10.9. The van der Waals surface area contributed by atoms with Crippen molar-refractivity contribution in [2.45, 2.75) is 61.4 Å². The molecule has 4 heterocycles. The fraction of sp³-hybridized carbons (Fsp3) is 0.441. The first-order chi connectivity index (χ1) is 20.2. The number of carbonyl (C=O) groups excluding carboxylic acids is 3. The number of amides is 3. The minimum absolute atomic E-state index is 0.0569. The molecule has 3 amide bonds. The lowest BCUT2D eigenvalue weighted by molar-refractivity contribution is -0.148. The molecule has 0 radical (unpaired) electrons. The van der Waals surface area contributed by atoms with Crippen LogP contribution in [0, 0.1) is 11.8 Å². The number of carbonyl (C=O) groups is 3. The van der Waals surface area contributed by atoms with Crippen LogP contribution in [-0.4, -0.2) is 84.8 Å². The quantitative estimate of drug-likeness (QED) is 0.524. The van der Waals surface area contributed by atoms with Crippen molar-refractivity contribution < 1.29 is 19.5 Å². The zero-order valence-electron chi connectivity index (χ0n) is 24.4. The Morgan fingerprint density at radius 1 is 0.905 bits per heavy atom. The van der Waals surface area contributed by atoms with Crippen LogP contribution in [0.15, 0.2) is 85.0 Å². The molecular formula is C34H39N3O4S. The molecule has 220 valence electrons. The van der Waals surface area contributed by atoms with E-state index < -0.39 is 34.2 Å². The molecule has 2 saturated heterocycles.